The average molecular weight is 315 g/mol. The highest BCUT2D eigenvalue weighted by atomic mass is 35.5. The molecule has 0 bridgehead atoms. The van der Waals surface area contributed by atoms with Crippen molar-refractivity contribution in [3.63, 3.8) is 0 Å². The number of carbonyl (C=O) groups is 2. The number of carbonyl (C=O) groups excluding carboxylic acids is 2. The van der Waals surface area contributed by atoms with Gasteiger partial charge in [0.1, 0.15) is 12.7 Å². The van der Waals surface area contributed by atoms with Crippen molar-refractivity contribution in [2.45, 2.75) is 17.0 Å². The molecule has 2 aliphatic rings. The molecular weight excluding hydrogens is 303 g/mol. The minimum Gasteiger partial charge on any atom is -0.461 e. The van der Waals surface area contributed by atoms with Crippen LogP contribution in [-0.2, 0) is 25.7 Å². The van der Waals surface area contributed by atoms with Gasteiger partial charge in [0.05, 0.1) is 18.4 Å². The Morgan fingerprint density at radius 2 is 2.05 bits per heavy atom. The Hall–Kier alpha value is -1.10. The van der Waals surface area contributed by atoms with E-state index in [1.54, 1.807) is 0 Å². The van der Waals surface area contributed by atoms with Crippen LogP contribution in [-0.4, -0.2) is 28.8 Å². The average Bonchev–Trinajstić information content (AvgIpc) is 2.88. The smallest absolute Gasteiger partial charge is 0.312 e. The van der Waals surface area contributed by atoms with Gasteiger partial charge in [0.2, 0.25) is 4.33 Å². The molecule has 0 N–H and O–H groups in total. The van der Waals surface area contributed by atoms with Gasteiger partial charge in [0.25, 0.3) is 0 Å². The van der Waals surface area contributed by atoms with Crippen LogP contribution in [0.4, 0.5) is 0 Å². The maximum absolute atomic E-state index is 12.0. The summed E-state index contributed by atoms with van der Waals surface area (Å²) in [6.07, 6.45) is -0.604. The molecule has 0 unspecified atom stereocenters. The van der Waals surface area contributed by atoms with Crippen molar-refractivity contribution in [1.82, 2.24) is 0 Å². The Kier molecular flexibility index (Phi) is 3.48. The maximum atomic E-state index is 12.0. The van der Waals surface area contributed by atoms with E-state index in [4.69, 9.17) is 32.7 Å². The molecule has 0 amide bonds. The molecular formula is C14H12Cl2O4. The standard InChI is InChI=1S/C14H12Cl2O4/c15-14(16)11(17)10-9(7-19-12(10)14)13(18)20-6-8-4-2-1-3-5-8/h1-5,9-10,12H,6-7H2/t9-,10-,12-/m0/s1. The summed E-state index contributed by atoms with van der Waals surface area (Å²) < 4.78 is 9.05. The van der Waals surface area contributed by atoms with Gasteiger partial charge in [-0.25, -0.2) is 0 Å². The number of Topliss-reactive ketones (excluding diaryl/α,β-unsaturated/α-hetero) is 1. The van der Waals surface area contributed by atoms with Crippen LogP contribution >= 0.6 is 23.2 Å². The second kappa shape index (κ2) is 5.02. The molecule has 0 aromatic heterocycles. The first-order valence-corrected chi connectivity index (χ1v) is 7.01. The van der Waals surface area contributed by atoms with Crippen LogP contribution in [0.5, 0.6) is 0 Å². The molecule has 3 atom stereocenters. The third kappa shape index (κ3) is 2.12. The van der Waals surface area contributed by atoms with Gasteiger partial charge in [-0.15, -0.1) is 0 Å². The van der Waals surface area contributed by atoms with Crippen molar-refractivity contribution < 1.29 is 19.1 Å². The van der Waals surface area contributed by atoms with Crippen molar-refractivity contribution in [3.05, 3.63) is 35.9 Å². The van der Waals surface area contributed by atoms with Crippen LogP contribution in [0.15, 0.2) is 30.3 Å². The molecule has 2 fully saturated rings. The fraction of sp³-hybridized carbons (Fsp3) is 0.429. The molecule has 20 heavy (non-hydrogen) atoms. The summed E-state index contributed by atoms with van der Waals surface area (Å²) in [7, 11) is 0. The Labute approximate surface area is 125 Å². The van der Waals surface area contributed by atoms with Gasteiger partial charge in [0.15, 0.2) is 5.78 Å². The van der Waals surface area contributed by atoms with Gasteiger partial charge in [0, 0.05) is 0 Å². The van der Waals surface area contributed by atoms with Crippen molar-refractivity contribution in [1.29, 1.82) is 0 Å². The first kappa shape index (κ1) is 13.9. The third-order valence-electron chi connectivity index (χ3n) is 3.73. The molecule has 1 heterocycles. The zero-order valence-electron chi connectivity index (χ0n) is 10.4. The summed E-state index contributed by atoms with van der Waals surface area (Å²) in [4.78, 5) is 23.8. The predicted molar refractivity (Wildman–Crippen MR) is 72.4 cm³/mol. The molecule has 1 aliphatic carbocycles. The highest BCUT2D eigenvalue weighted by molar-refractivity contribution is 6.61. The highest BCUT2D eigenvalue weighted by Crippen LogP contribution is 2.52. The SMILES string of the molecule is O=C(OCc1ccccc1)[C@H]1CO[C@H]2[C@@H]1C(=O)C2(Cl)Cl. The first-order valence-electron chi connectivity index (χ1n) is 6.26. The van der Waals surface area contributed by atoms with Crippen molar-refractivity contribution in [2.24, 2.45) is 11.8 Å². The molecule has 1 aromatic rings. The van der Waals surface area contributed by atoms with Crippen LogP contribution in [0.1, 0.15) is 5.56 Å². The lowest BCUT2D eigenvalue weighted by molar-refractivity contribution is -0.155. The van der Waals surface area contributed by atoms with E-state index in [1.807, 2.05) is 30.3 Å². The fourth-order valence-electron chi connectivity index (χ4n) is 2.59. The quantitative estimate of drug-likeness (QED) is 0.633. The number of benzene rings is 1. The lowest BCUT2D eigenvalue weighted by Crippen LogP contribution is -2.61. The Bertz CT molecular complexity index is 543. The second-order valence-corrected chi connectivity index (χ2v) is 6.35. The monoisotopic (exact) mass is 314 g/mol. The number of hydrogen-bond donors (Lipinski definition) is 0. The number of ketones is 1. The number of rotatable bonds is 3. The minimum absolute atomic E-state index is 0.121. The summed E-state index contributed by atoms with van der Waals surface area (Å²) in [6.45, 7) is 0.296. The zero-order valence-corrected chi connectivity index (χ0v) is 11.9. The molecule has 3 rings (SSSR count). The normalized spacial score (nSPS) is 30.5. The van der Waals surface area contributed by atoms with Crippen LogP contribution in [0.2, 0.25) is 0 Å². The van der Waals surface area contributed by atoms with Crippen molar-refractivity contribution >= 4 is 35.0 Å². The summed E-state index contributed by atoms with van der Waals surface area (Å²) >= 11 is 11.7. The number of esters is 1. The van der Waals surface area contributed by atoms with E-state index in [1.165, 1.54) is 0 Å². The fourth-order valence-corrected chi connectivity index (χ4v) is 3.24. The van der Waals surface area contributed by atoms with Gasteiger partial charge >= 0.3 is 5.97 Å². The summed E-state index contributed by atoms with van der Waals surface area (Å²) in [5, 5.41) is 0. The molecule has 1 saturated carbocycles. The molecule has 0 spiro atoms. The van der Waals surface area contributed by atoms with E-state index in [2.05, 4.69) is 0 Å². The van der Waals surface area contributed by atoms with Crippen molar-refractivity contribution in [3.8, 4) is 0 Å². The topological polar surface area (TPSA) is 52.6 Å². The van der Waals surface area contributed by atoms with E-state index in [9.17, 15) is 9.59 Å². The van der Waals surface area contributed by atoms with E-state index >= 15 is 0 Å². The molecule has 6 heteroatoms. The minimum atomic E-state index is -1.51. The van der Waals surface area contributed by atoms with E-state index in [0.29, 0.717) is 0 Å². The number of alkyl halides is 2. The zero-order chi connectivity index (χ0) is 14.3. The largest absolute Gasteiger partial charge is 0.461 e. The van der Waals surface area contributed by atoms with Crippen LogP contribution in [0.3, 0.4) is 0 Å². The predicted octanol–water partition coefficient (Wildman–Crippen LogP) is 2.12. The van der Waals surface area contributed by atoms with Gasteiger partial charge in [-0.3, -0.25) is 9.59 Å². The van der Waals surface area contributed by atoms with E-state index in [-0.39, 0.29) is 19.0 Å². The number of hydrogen-bond acceptors (Lipinski definition) is 4. The van der Waals surface area contributed by atoms with E-state index in [0.717, 1.165) is 5.56 Å². The second-order valence-electron chi connectivity index (χ2n) is 4.97. The highest BCUT2D eigenvalue weighted by Gasteiger charge is 2.68. The molecule has 4 nitrogen and oxygen atoms in total. The van der Waals surface area contributed by atoms with Gasteiger partial charge < -0.3 is 9.47 Å². The lowest BCUT2D eigenvalue weighted by atomic mass is 9.73. The van der Waals surface area contributed by atoms with E-state index < -0.39 is 28.2 Å². The first-order chi connectivity index (χ1) is 9.51. The Balaban J connectivity index is 1.61. The lowest BCUT2D eigenvalue weighted by Gasteiger charge is -2.40. The number of fused-ring (bicyclic) bond motifs is 1. The van der Waals surface area contributed by atoms with Gasteiger partial charge in [-0.1, -0.05) is 53.5 Å². The molecule has 1 aliphatic heterocycles. The summed E-state index contributed by atoms with van der Waals surface area (Å²) in [5.41, 5.74) is 0.889. The van der Waals surface area contributed by atoms with Crippen LogP contribution in [0, 0.1) is 11.8 Å². The molecule has 106 valence electrons. The van der Waals surface area contributed by atoms with Crippen LogP contribution < -0.4 is 0 Å². The number of ether oxygens (including phenoxy) is 2. The third-order valence-corrected chi connectivity index (χ3v) is 4.53. The maximum Gasteiger partial charge on any atom is 0.312 e. The molecule has 1 aromatic carbocycles. The van der Waals surface area contributed by atoms with Gasteiger partial charge in [-0.05, 0) is 5.56 Å². The number of halogens is 2. The van der Waals surface area contributed by atoms with Crippen LogP contribution in [0.25, 0.3) is 0 Å². The van der Waals surface area contributed by atoms with Crippen molar-refractivity contribution in [2.75, 3.05) is 6.61 Å². The van der Waals surface area contributed by atoms with Gasteiger partial charge in [-0.2, -0.15) is 0 Å². The molecule has 0 radical (unpaired) electrons. The molecule has 1 saturated heterocycles. The Morgan fingerprint density at radius 3 is 2.75 bits per heavy atom. The summed E-state index contributed by atoms with van der Waals surface area (Å²) in [5.74, 6) is -1.99. The Morgan fingerprint density at radius 1 is 1.35 bits per heavy atom. The summed E-state index contributed by atoms with van der Waals surface area (Å²) in [6, 6.07) is 9.33.